The van der Waals surface area contributed by atoms with E-state index in [0.29, 0.717) is 29.0 Å². The molecule has 1 aromatic carbocycles. The Balaban J connectivity index is 1.39. The van der Waals surface area contributed by atoms with Crippen molar-refractivity contribution in [1.29, 1.82) is 0 Å². The van der Waals surface area contributed by atoms with Gasteiger partial charge >= 0.3 is 6.55 Å². The van der Waals surface area contributed by atoms with Crippen LogP contribution >= 0.6 is 0 Å². The number of nitrogens with zero attached hydrogens (tertiary/aromatic N) is 3. The van der Waals surface area contributed by atoms with Crippen molar-refractivity contribution in [1.82, 2.24) is 14.7 Å². The predicted octanol–water partition coefficient (Wildman–Crippen LogP) is 2.66. The standard InChI is InChI=1S/C19H19F2N3O4/c20-18(21)23-6-5-14(22-23)17(25)24-12-2-3-13(24)9-19(26,8-12)11-1-4-15-16(7-11)28-10-27-15/h1,4-7,12-13,18,26H,2-3,8-10H2/t12-,13-/m1/s1. The summed E-state index contributed by atoms with van der Waals surface area (Å²) in [5.74, 6) is 0.895. The molecule has 4 heterocycles. The number of hydrogen-bond acceptors (Lipinski definition) is 5. The molecule has 2 atom stereocenters. The van der Waals surface area contributed by atoms with Crippen molar-refractivity contribution in [2.45, 2.75) is 49.9 Å². The Morgan fingerprint density at radius 2 is 1.89 bits per heavy atom. The molecule has 2 fully saturated rings. The van der Waals surface area contributed by atoms with E-state index >= 15 is 0 Å². The minimum absolute atomic E-state index is 0.00530. The second-order valence-electron chi connectivity index (χ2n) is 7.56. The summed E-state index contributed by atoms with van der Waals surface area (Å²) in [6.07, 6.45) is 3.39. The molecule has 0 unspecified atom stereocenters. The first kappa shape index (κ1) is 17.4. The zero-order valence-corrected chi connectivity index (χ0v) is 14.9. The number of aliphatic hydroxyl groups is 1. The van der Waals surface area contributed by atoms with E-state index in [1.54, 1.807) is 17.0 Å². The second kappa shape index (κ2) is 6.16. The van der Waals surface area contributed by atoms with Crippen LogP contribution in [0.5, 0.6) is 11.5 Å². The zero-order valence-electron chi connectivity index (χ0n) is 14.9. The van der Waals surface area contributed by atoms with Crippen molar-refractivity contribution < 1.29 is 28.2 Å². The molecule has 3 aliphatic rings. The smallest absolute Gasteiger partial charge is 0.333 e. The molecular weight excluding hydrogens is 372 g/mol. The number of fused-ring (bicyclic) bond motifs is 3. The normalized spacial score (nSPS) is 28.2. The van der Waals surface area contributed by atoms with Crippen LogP contribution < -0.4 is 9.47 Å². The van der Waals surface area contributed by atoms with Gasteiger partial charge in [-0.3, -0.25) is 4.79 Å². The lowest BCUT2D eigenvalue weighted by molar-refractivity contribution is -0.0481. The summed E-state index contributed by atoms with van der Waals surface area (Å²) in [6.45, 7) is -2.62. The van der Waals surface area contributed by atoms with Gasteiger partial charge in [-0.15, -0.1) is 0 Å². The van der Waals surface area contributed by atoms with E-state index in [1.807, 2.05) is 6.07 Å². The summed E-state index contributed by atoms with van der Waals surface area (Å²) in [6, 6.07) is 6.38. The number of halogens is 2. The number of rotatable bonds is 3. The summed E-state index contributed by atoms with van der Waals surface area (Å²) in [5.41, 5.74) is -0.334. The van der Waals surface area contributed by atoms with Crippen LogP contribution in [0, 0.1) is 0 Å². The van der Waals surface area contributed by atoms with Gasteiger partial charge in [0, 0.05) is 31.1 Å². The maximum Gasteiger partial charge on any atom is 0.333 e. The van der Waals surface area contributed by atoms with Gasteiger partial charge in [0.1, 0.15) is 0 Å². The summed E-state index contributed by atoms with van der Waals surface area (Å²) in [7, 11) is 0. The maximum atomic E-state index is 12.9. The average Bonchev–Trinajstić information content (AvgIpc) is 3.39. The number of alkyl halides is 2. The van der Waals surface area contributed by atoms with Crippen molar-refractivity contribution in [2.24, 2.45) is 0 Å². The van der Waals surface area contributed by atoms with Crippen molar-refractivity contribution in [3.8, 4) is 11.5 Å². The third kappa shape index (κ3) is 2.64. The summed E-state index contributed by atoms with van der Waals surface area (Å²) < 4.78 is 36.7. The number of amides is 1. The highest BCUT2D eigenvalue weighted by Crippen LogP contribution is 2.47. The van der Waals surface area contributed by atoms with E-state index in [0.717, 1.165) is 24.6 Å². The highest BCUT2D eigenvalue weighted by molar-refractivity contribution is 5.93. The summed E-state index contributed by atoms with van der Waals surface area (Å²) in [5, 5.41) is 15.0. The third-order valence-electron chi connectivity index (χ3n) is 5.94. The molecule has 2 saturated heterocycles. The monoisotopic (exact) mass is 391 g/mol. The van der Waals surface area contributed by atoms with E-state index in [2.05, 4.69) is 5.10 Å². The van der Waals surface area contributed by atoms with Crippen LogP contribution in [0.2, 0.25) is 0 Å². The maximum absolute atomic E-state index is 12.9. The van der Waals surface area contributed by atoms with Gasteiger partial charge in [-0.2, -0.15) is 13.9 Å². The molecule has 9 heteroatoms. The first-order valence-corrected chi connectivity index (χ1v) is 9.23. The fourth-order valence-corrected chi connectivity index (χ4v) is 4.67. The largest absolute Gasteiger partial charge is 0.454 e. The second-order valence-corrected chi connectivity index (χ2v) is 7.56. The molecule has 28 heavy (non-hydrogen) atoms. The Morgan fingerprint density at radius 3 is 2.57 bits per heavy atom. The molecule has 0 saturated carbocycles. The Labute approximate surface area is 159 Å². The molecule has 0 aliphatic carbocycles. The molecular formula is C19H19F2N3O4. The number of ether oxygens (including phenoxy) is 2. The topological polar surface area (TPSA) is 76.8 Å². The molecule has 7 nitrogen and oxygen atoms in total. The van der Waals surface area contributed by atoms with Crippen molar-refractivity contribution in [3.05, 3.63) is 41.7 Å². The molecule has 5 rings (SSSR count). The highest BCUT2D eigenvalue weighted by atomic mass is 19.3. The molecule has 2 bridgehead atoms. The minimum atomic E-state index is -2.78. The van der Waals surface area contributed by atoms with E-state index < -0.39 is 12.2 Å². The Hall–Kier alpha value is -2.68. The highest BCUT2D eigenvalue weighted by Gasteiger charge is 2.50. The fraction of sp³-hybridized carbons (Fsp3) is 0.474. The molecule has 0 radical (unpaired) electrons. The van der Waals surface area contributed by atoms with Crippen LogP contribution in [0.25, 0.3) is 0 Å². The molecule has 0 spiro atoms. The van der Waals surface area contributed by atoms with Gasteiger partial charge in [-0.05, 0) is 36.6 Å². The summed E-state index contributed by atoms with van der Waals surface area (Å²) in [4.78, 5) is 14.6. The number of carbonyl (C=O) groups excluding carboxylic acids is 1. The van der Waals surface area contributed by atoms with E-state index in [4.69, 9.17) is 9.47 Å². The Kier molecular flexibility index (Phi) is 3.84. The van der Waals surface area contributed by atoms with Crippen LogP contribution in [0.15, 0.2) is 30.5 Å². The summed E-state index contributed by atoms with van der Waals surface area (Å²) >= 11 is 0. The third-order valence-corrected chi connectivity index (χ3v) is 5.94. The van der Waals surface area contributed by atoms with Crippen LogP contribution in [0.3, 0.4) is 0 Å². The lowest BCUT2D eigenvalue weighted by Gasteiger charge is -2.44. The van der Waals surface area contributed by atoms with E-state index in [9.17, 15) is 18.7 Å². The van der Waals surface area contributed by atoms with Crippen LogP contribution in [0.4, 0.5) is 8.78 Å². The number of hydrogen-bond donors (Lipinski definition) is 1. The van der Waals surface area contributed by atoms with Gasteiger partial charge in [0.25, 0.3) is 5.91 Å². The van der Waals surface area contributed by atoms with E-state index in [1.165, 1.54) is 6.07 Å². The quantitative estimate of drug-likeness (QED) is 0.871. The number of benzene rings is 1. The molecule has 3 aliphatic heterocycles. The molecule has 1 N–H and O–H groups in total. The lowest BCUT2D eigenvalue weighted by Crippen LogP contribution is -2.52. The molecule has 1 amide bonds. The van der Waals surface area contributed by atoms with Crippen LogP contribution in [-0.2, 0) is 5.60 Å². The predicted molar refractivity (Wildman–Crippen MR) is 92.2 cm³/mol. The van der Waals surface area contributed by atoms with Crippen LogP contribution in [0.1, 0.15) is 48.3 Å². The molecule has 2 aromatic rings. The van der Waals surface area contributed by atoms with Crippen molar-refractivity contribution in [2.75, 3.05) is 6.79 Å². The first-order chi connectivity index (χ1) is 13.4. The van der Waals surface area contributed by atoms with Crippen molar-refractivity contribution >= 4 is 5.91 Å². The van der Waals surface area contributed by atoms with Gasteiger partial charge in [0.15, 0.2) is 17.2 Å². The fourth-order valence-electron chi connectivity index (χ4n) is 4.67. The Bertz CT molecular complexity index is 918. The van der Waals surface area contributed by atoms with Crippen LogP contribution in [-0.4, -0.2) is 44.6 Å². The Morgan fingerprint density at radius 1 is 1.18 bits per heavy atom. The van der Waals surface area contributed by atoms with Crippen molar-refractivity contribution in [3.63, 3.8) is 0 Å². The van der Waals surface area contributed by atoms with Gasteiger partial charge < -0.3 is 19.5 Å². The molecule has 148 valence electrons. The van der Waals surface area contributed by atoms with Gasteiger partial charge in [0.05, 0.1) is 5.60 Å². The number of carbonyl (C=O) groups is 1. The minimum Gasteiger partial charge on any atom is -0.454 e. The van der Waals surface area contributed by atoms with E-state index in [-0.39, 0.29) is 30.5 Å². The van der Waals surface area contributed by atoms with Gasteiger partial charge in [-0.1, -0.05) is 6.07 Å². The molecule has 1 aromatic heterocycles. The number of piperidine rings is 1. The van der Waals surface area contributed by atoms with Gasteiger partial charge in [0.2, 0.25) is 6.79 Å². The van der Waals surface area contributed by atoms with Gasteiger partial charge in [-0.25, -0.2) is 4.68 Å². The lowest BCUT2D eigenvalue weighted by atomic mass is 9.80. The SMILES string of the molecule is O=C(c1ccn(C(F)F)n1)N1[C@@H]2CC[C@@H]1CC(O)(c1ccc3c(c1)OCO3)C2. The zero-order chi connectivity index (χ0) is 19.5. The average molecular weight is 391 g/mol. The first-order valence-electron chi connectivity index (χ1n) is 9.23. The number of aromatic nitrogens is 2.